The molecule has 0 aliphatic carbocycles. The molecule has 0 bridgehead atoms. The van der Waals surface area contributed by atoms with Gasteiger partial charge in [0.2, 0.25) is 0 Å². The van der Waals surface area contributed by atoms with Crippen LogP contribution in [0, 0.1) is 0 Å². The first-order chi connectivity index (χ1) is 14.0. The van der Waals surface area contributed by atoms with Crippen LogP contribution < -0.4 is 15.0 Å². The highest BCUT2D eigenvalue weighted by Gasteiger charge is 2.34. The summed E-state index contributed by atoms with van der Waals surface area (Å²) < 4.78 is 5.15. The van der Waals surface area contributed by atoms with E-state index in [0.29, 0.717) is 25.3 Å². The molecule has 2 N–H and O–H groups in total. The molecular formula is C23H32N3O3+. The predicted molar refractivity (Wildman–Crippen MR) is 115 cm³/mol. The molecule has 2 atom stereocenters. The van der Waals surface area contributed by atoms with Crippen LogP contribution in [0.2, 0.25) is 0 Å². The molecule has 6 nitrogen and oxygen atoms in total. The molecule has 0 radical (unpaired) electrons. The van der Waals surface area contributed by atoms with Gasteiger partial charge < -0.3 is 19.9 Å². The lowest BCUT2D eigenvalue weighted by Crippen LogP contribution is -3.14. The highest BCUT2D eigenvalue weighted by atomic mass is 16.5. The summed E-state index contributed by atoms with van der Waals surface area (Å²) in [7, 11) is 1.60. The number of anilines is 1. The molecular weight excluding hydrogens is 366 g/mol. The first-order valence-corrected chi connectivity index (χ1v) is 10.2. The Bertz CT molecular complexity index is 774. The van der Waals surface area contributed by atoms with E-state index in [1.165, 1.54) is 0 Å². The van der Waals surface area contributed by atoms with Crippen LogP contribution in [-0.2, 0) is 9.59 Å². The Morgan fingerprint density at radius 1 is 1.00 bits per heavy atom. The van der Waals surface area contributed by atoms with Crippen molar-refractivity contribution in [3.63, 3.8) is 0 Å². The SMILES string of the molecule is CCN(CC)C(=O)[C@H](c1ccccc1)[NH+](CC)CC(=O)Nc1ccc(OC)cc1. The van der Waals surface area contributed by atoms with Gasteiger partial charge in [0, 0.05) is 24.3 Å². The maximum atomic E-state index is 13.3. The molecule has 1 unspecified atom stereocenters. The van der Waals surface area contributed by atoms with Crippen molar-refractivity contribution in [1.29, 1.82) is 0 Å². The first kappa shape index (κ1) is 22.4. The normalized spacial score (nSPS) is 12.7. The van der Waals surface area contributed by atoms with Crippen molar-refractivity contribution in [3.05, 3.63) is 60.2 Å². The molecule has 0 aromatic heterocycles. The number of amides is 2. The number of nitrogens with one attached hydrogen (secondary N) is 2. The van der Waals surface area contributed by atoms with Crippen LogP contribution >= 0.6 is 0 Å². The number of likely N-dealkylation sites (N-methyl/N-ethyl adjacent to an activating group) is 2. The zero-order chi connectivity index (χ0) is 21.2. The molecule has 0 saturated carbocycles. The average Bonchev–Trinajstić information content (AvgIpc) is 2.75. The Kier molecular flexibility index (Phi) is 8.68. The predicted octanol–water partition coefficient (Wildman–Crippen LogP) is 2.15. The molecule has 29 heavy (non-hydrogen) atoms. The first-order valence-electron chi connectivity index (χ1n) is 10.2. The zero-order valence-electron chi connectivity index (χ0n) is 17.8. The van der Waals surface area contributed by atoms with Gasteiger partial charge in [-0.25, -0.2) is 0 Å². The van der Waals surface area contributed by atoms with Gasteiger partial charge >= 0.3 is 0 Å². The molecule has 2 aromatic carbocycles. The smallest absolute Gasteiger partial charge is 0.285 e. The number of methoxy groups -OCH3 is 1. The molecule has 0 heterocycles. The Hall–Kier alpha value is -2.86. The summed E-state index contributed by atoms with van der Waals surface area (Å²) in [6, 6.07) is 16.5. The van der Waals surface area contributed by atoms with Crippen molar-refractivity contribution >= 4 is 17.5 Å². The fourth-order valence-corrected chi connectivity index (χ4v) is 3.43. The van der Waals surface area contributed by atoms with E-state index in [2.05, 4.69) is 5.32 Å². The minimum Gasteiger partial charge on any atom is -0.497 e. The van der Waals surface area contributed by atoms with Gasteiger partial charge in [-0.2, -0.15) is 0 Å². The molecule has 2 amide bonds. The lowest BCUT2D eigenvalue weighted by Gasteiger charge is -2.30. The van der Waals surface area contributed by atoms with E-state index in [0.717, 1.165) is 16.2 Å². The minimum atomic E-state index is -0.414. The number of nitrogens with zero attached hydrogens (tertiary/aromatic N) is 1. The van der Waals surface area contributed by atoms with E-state index in [9.17, 15) is 9.59 Å². The Morgan fingerprint density at radius 2 is 1.62 bits per heavy atom. The maximum absolute atomic E-state index is 13.3. The number of rotatable bonds is 10. The summed E-state index contributed by atoms with van der Waals surface area (Å²) in [6.07, 6.45) is 0. The molecule has 0 fully saturated rings. The van der Waals surface area contributed by atoms with Crippen molar-refractivity contribution < 1.29 is 19.2 Å². The van der Waals surface area contributed by atoms with E-state index in [1.54, 1.807) is 31.4 Å². The summed E-state index contributed by atoms with van der Waals surface area (Å²) in [5.74, 6) is 0.661. The van der Waals surface area contributed by atoms with Crippen molar-refractivity contribution in [1.82, 2.24) is 4.90 Å². The van der Waals surface area contributed by atoms with Gasteiger partial charge in [0.15, 0.2) is 12.6 Å². The Morgan fingerprint density at radius 3 is 2.14 bits per heavy atom. The van der Waals surface area contributed by atoms with Gasteiger partial charge in [-0.1, -0.05) is 30.3 Å². The third-order valence-corrected chi connectivity index (χ3v) is 5.08. The largest absolute Gasteiger partial charge is 0.497 e. The van der Waals surface area contributed by atoms with E-state index in [-0.39, 0.29) is 18.4 Å². The third-order valence-electron chi connectivity index (χ3n) is 5.08. The lowest BCUT2D eigenvalue weighted by molar-refractivity contribution is -0.912. The van der Waals surface area contributed by atoms with E-state index >= 15 is 0 Å². The summed E-state index contributed by atoms with van der Waals surface area (Å²) in [5, 5.41) is 2.92. The van der Waals surface area contributed by atoms with E-state index < -0.39 is 6.04 Å². The fraction of sp³-hybridized carbons (Fsp3) is 0.391. The number of carbonyl (C=O) groups is 2. The van der Waals surface area contributed by atoms with Crippen molar-refractivity contribution in [3.8, 4) is 5.75 Å². The van der Waals surface area contributed by atoms with Crippen LogP contribution in [-0.4, -0.2) is 50.0 Å². The second kappa shape index (κ2) is 11.2. The van der Waals surface area contributed by atoms with Crippen LogP contribution in [0.25, 0.3) is 0 Å². The zero-order valence-corrected chi connectivity index (χ0v) is 17.8. The molecule has 0 aliphatic heterocycles. The number of hydrogen-bond donors (Lipinski definition) is 2. The molecule has 2 aromatic rings. The maximum Gasteiger partial charge on any atom is 0.285 e. The molecule has 156 valence electrons. The van der Waals surface area contributed by atoms with Crippen LogP contribution in [0.5, 0.6) is 5.75 Å². The van der Waals surface area contributed by atoms with Gasteiger partial charge in [-0.05, 0) is 45.0 Å². The molecule has 0 saturated heterocycles. The average molecular weight is 399 g/mol. The molecule has 0 aliphatic rings. The summed E-state index contributed by atoms with van der Waals surface area (Å²) in [5.41, 5.74) is 1.64. The van der Waals surface area contributed by atoms with Crippen LogP contribution in [0.15, 0.2) is 54.6 Å². The van der Waals surface area contributed by atoms with Gasteiger partial charge in [0.25, 0.3) is 11.8 Å². The highest BCUT2D eigenvalue weighted by molar-refractivity contribution is 5.91. The number of benzene rings is 2. The van der Waals surface area contributed by atoms with Gasteiger partial charge in [-0.15, -0.1) is 0 Å². The summed E-state index contributed by atoms with van der Waals surface area (Å²) >= 11 is 0. The second-order valence-electron chi connectivity index (χ2n) is 6.82. The van der Waals surface area contributed by atoms with E-state index in [4.69, 9.17) is 4.74 Å². The number of carbonyl (C=O) groups excluding carboxylic acids is 2. The second-order valence-corrected chi connectivity index (χ2v) is 6.82. The number of hydrogen-bond acceptors (Lipinski definition) is 3. The fourth-order valence-electron chi connectivity index (χ4n) is 3.43. The lowest BCUT2D eigenvalue weighted by atomic mass is 10.0. The van der Waals surface area contributed by atoms with Crippen molar-refractivity contribution in [2.24, 2.45) is 0 Å². The van der Waals surface area contributed by atoms with Crippen molar-refractivity contribution in [2.45, 2.75) is 26.8 Å². The van der Waals surface area contributed by atoms with Crippen LogP contribution in [0.3, 0.4) is 0 Å². The monoisotopic (exact) mass is 398 g/mol. The summed E-state index contributed by atoms with van der Waals surface area (Å²) in [6.45, 7) is 8.11. The Balaban J connectivity index is 2.20. The summed E-state index contributed by atoms with van der Waals surface area (Å²) in [4.78, 5) is 28.7. The third kappa shape index (κ3) is 6.06. The topological polar surface area (TPSA) is 63.1 Å². The Labute approximate surface area is 173 Å². The number of ether oxygens (including phenoxy) is 1. The highest BCUT2D eigenvalue weighted by Crippen LogP contribution is 2.15. The van der Waals surface area contributed by atoms with Crippen LogP contribution in [0.4, 0.5) is 5.69 Å². The molecule has 0 spiro atoms. The van der Waals surface area contributed by atoms with Gasteiger partial charge in [-0.3, -0.25) is 9.59 Å². The van der Waals surface area contributed by atoms with E-state index in [1.807, 2.05) is 56.0 Å². The molecule has 2 rings (SSSR count). The van der Waals surface area contributed by atoms with Crippen LogP contribution in [0.1, 0.15) is 32.4 Å². The van der Waals surface area contributed by atoms with Crippen molar-refractivity contribution in [2.75, 3.05) is 38.6 Å². The molecule has 6 heteroatoms. The minimum absolute atomic E-state index is 0.0512. The van der Waals surface area contributed by atoms with Gasteiger partial charge in [0.1, 0.15) is 5.75 Å². The van der Waals surface area contributed by atoms with Gasteiger partial charge in [0.05, 0.1) is 13.7 Å². The number of quaternary nitrogens is 1. The quantitative estimate of drug-likeness (QED) is 0.645. The standard InChI is InChI=1S/C23H31N3O3/c1-5-25(6-2)23(28)22(18-11-9-8-10-12-18)26(7-3)17-21(27)24-19-13-15-20(29-4)16-14-19/h8-16,22H,5-7,17H2,1-4H3,(H,24,27)/p+1/t22-/m0/s1.